The molecule has 4 rings (SSSR count). The highest BCUT2D eigenvalue weighted by atomic mass is 16.5. The molecule has 0 aromatic heterocycles. The van der Waals surface area contributed by atoms with Crippen LogP contribution in [0.25, 0.3) is 0 Å². The predicted molar refractivity (Wildman–Crippen MR) is 120 cm³/mol. The molecule has 0 radical (unpaired) electrons. The lowest BCUT2D eigenvalue weighted by molar-refractivity contribution is -0.129. The third-order valence-electron chi connectivity index (χ3n) is 6.02. The van der Waals surface area contributed by atoms with E-state index in [1.54, 1.807) is 51.3 Å². The van der Waals surface area contributed by atoms with Gasteiger partial charge in [-0.2, -0.15) is 0 Å². The van der Waals surface area contributed by atoms with E-state index in [4.69, 9.17) is 9.47 Å². The number of carbonyl (C=O) groups excluding carboxylic acids is 2. The lowest BCUT2D eigenvalue weighted by atomic mass is 9.90. The van der Waals surface area contributed by atoms with Gasteiger partial charge in [-0.05, 0) is 25.5 Å². The first-order chi connectivity index (χ1) is 14.8. The molecule has 2 aromatic carbocycles. The second-order valence-electron chi connectivity index (χ2n) is 7.72. The number of Topliss-reactive ketones (excluding diaryl/α,β-unsaturated/α-hetero) is 2. The lowest BCUT2D eigenvalue weighted by Crippen LogP contribution is -2.53. The average Bonchev–Trinajstić information content (AvgIpc) is 3.30. The highest BCUT2D eigenvalue weighted by Crippen LogP contribution is 2.42. The Hall–Kier alpha value is -3.61. The van der Waals surface area contributed by atoms with E-state index < -0.39 is 5.54 Å². The number of amidine groups is 1. The van der Waals surface area contributed by atoms with E-state index in [2.05, 4.69) is 10.3 Å². The third-order valence-corrected chi connectivity index (χ3v) is 6.02. The quantitative estimate of drug-likeness (QED) is 0.604. The highest BCUT2D eigenvalue weighted by molar-refractivity contribution is 6.43. The maximum absolute atomic E-state index is 13.8. The summed E-state index contributed by atoms with van der Waals surface area (Å²) in [6, 6.07) is 13.2. The van der Waals surface area contributed by atoms with Gasteiger partial charge in [-0.1, -0.05) is 18.2 Å². The molecule has 1 N–H and O–H groups in total. The Morgan fingerprint density at radius 2 is 1.77 bits per heavy atom. The first-order valence-electron chi connectivity index (χ1n) is 9.99. The number of hydrogen-bond acceptors (Lipinski definition) is 6. The summed E-state index contributed by atoms with van der Waals surface area (Å²) in [4.78, 5) is 32.8. The molecule has 2 aromatic rings. The van der Waals surface area contributed by atoms with Crippen molar-refractivity contribution in [2.24, 2.45) is 4.99 Å². The summed E-state index contributed by atoms with van der Waals surface area (Å²) in [5, 5.41) is 3.36. The fourth-order valence-electron chi connectivity index (χ4n) is 4.22. The third kappa shape index (κ3) is 3.08. The molecule has 2 aliphatic heterocycles. The minimum Gasteiger partial charge on any atom is -0.497 e. The van der Waals surface area contributed by atoms with Crippen LogP contribution in [0.5, 0.6) is 11.5 Å². The van der Waals surface area contributed by atoms with Gasteiger partial charge in [0, 0.05) is 43.1 Å². The molecule has 0 bridgehead atoms. The summed E-state index contributed by atoms with van der Waals surface area (Å²) < 4.78 is 10.8. The van der Waals surface area contributed by atoms with Crippen molar-refractivity contribution >= 4 is 28.8 Å². The first kappa shape index (κ1) is 20.7. The van der Waals surface area contributed by atoms with Crippen LogP contribution in [0, 0.1) is 0 Å². The van der Waals surface area contributed by atoms with Crippen molar-refractivity contribution in [1.29, 1.82) is 0 Å². The molecule has 1 atom stereocenters. The van der Waals surface area contributed by atoms with Gasteiger partial charge in [0.25, 0.3) is 0 Å². The van der Waals surface area contributed by atoms with Gasteiger partial charge < -0.3 is 19.7 Å². The maximum Gasteiger partial charge on any atom is 0.201 e. The summed E-state index contributed by atoms with van der Waals surface area (Å²) in [5.74, 6) is 0.990. The number of fused-ring (bicyclic) bond motifs is 1. The molecule has 1 unspecified atom stereocenters. The summed E-state index contributed by atoms with van der Waals surface area (Å²) in [6.07, 6.45) is 0.569. The van der Waals surface area contributed by atoms with Crippen LogP contribution in [0.3, 0.4) is 0 Å². The van der Waals surface area contributed by atoms with E-state index >= 15 is 0 Å². The molecule has 1 saturated heterocycles. The van der Waals surface area contributed by atoms with Crippen LogP contribution in [0.1, 0.15) is 19.4 Å². The number of allylic oxidation sites excluding steroid dienone is 1. The number of rotatable bonds is 4. The number of carbonyl (C=O) groups is 2. The fourth-order valence-corrected chi connectivity index (χ4v) is 4.22. The molecule has 0 aliphatic carbocycles. The number of aliphatic imine (C=N–C) groups is 1. The van der Waals surface area contributed by atoms with Crippen molar-refractivity contribution in [3.63, 3.8) is 0 Å². The summed E-state index contributed by atoms with van der Waals surface area (Å²) in [7, 11) is 4.74. The Labute approximate surface area is 181 Å². The smallest absolute Gasteiger partial charge is 0.201 e. The van der Waals surface area contributed by atoms with Crippen molar-refractivity contribution < 1.29 is 19.1 Å². The van der Waals surface area contributed by atoms with Gasteiger partial charge >= 0.3 is 0 Å². The van der Waals surface area contributed by atoms with E-state index in [9.17, 15) is 9.59 Å². The molecule has 0 spiro atoms. The van der Waals surface area contributed by atoms with Crippen LogP contribution in [-0.4, -0.2) is 44.2 Å². The number of methoxy groups -OCH3 is 2. The second kappa shape index (κ2) is 7.58. The van der Waals surface area contributed by atoms with Gasteiger partial charge in [0.2, 0.25) is 5.78 Å². The van der Waals surface area contributed by atoms with Crippen molar-refractivity contribution in [2.45, 2.75) is 25.8 Å². The van der Waals surface area contributed by atoms with E-state index in [-0.39, 0.29) is 11.6 Å². The average molecular weight is 419 g/mol. The zero-order valence-electron chi connectivity index (χ0n) is 18.3. The maximum atomic E-state index is 13.8. The Morgan fingerprint density at radius 3 is 2.32 bits per heavy atom. The topological polar surface area (TPSA) is 80.2 Å². The zero-order valence-corrected chi connectivity index (χ0v) is 18.3. The lowest BCUT2D eigenvalue weighted by Gasteiger charge is -2.32. The molecular weight excluding hydrogens is 394 g/mol. The zero-order chi connectivity index (χ0) is 22.3. The molecule has 0 amide bonds. The monoisotopic (exact) mass is 419 g/mol. The molecule has 160 valence electrons. The molecule has 1 fully saturated rings. The number of anilines is 2. The van der Waals surface area contributed by atoms with E-state index in [1.807, 2.05) is 24.3 Å². The van der Waals surface area contributed by atoms with Crippen LogP contribution in [0.2, 0.25) is 0 Å². The molecule has 0 saturated carbocycles. The Kier molecular flexibility index (Phi) is 5.05. The number of ketones is 2. The summed E-state index contributed by atoms with van der Waals surface area (Å²) in [6.45, 7) is 3.07. The normalized spacial score (nSPS) is 23.7. The van der Waals surface area contributed by atoms with Gasteiger partial charge in [-0.3, -0.25) is 14.6 Å². The largest absolute Gasteiger partial charge is 0.497 e. The van der Waals surface area contributed by atoms with Crippen LogP contribution in [0.4, 0.5) is 11.4 Å². The Bertz CT molecular complexity index is 1100. The molecule has 7 heteroatoms. The number of nitrogens with zero attached hydrogens (tertiary/aromatic N) is 2. The molecule has 2 heterocycles. The fraction of sp³-hybridized carbons (Fsp3) is 0.292. The van der Waals surface area contributed by atoms with Crippen molar-refractivity contribution in [1.82, 2.24) is 0 Å². The standard InChI is InChI=1S/C24H25N3O4/c1-14(28)24(2)22(29)21(20-10-15-8-6-7-9-19(15)26-20)23(25-3)27(24)16-11-17(30-4)13-18(12-16)31-5/h6-9,11-13,26H,10H2,1-5H3. The number of nitrogens with one attached hydrogen (secondary N) is 1. The first-order valence-corrected chi connectivity index (χ1v) is 9.99. The number of para-hydroxylation sites is 1. The van der Waals surface area contributed by atoms with Crippen LogP contribution in [-0.2, 0) is 16.0 Å². The molecule has 7 nitrogen and oxygen atoms in total. The minimum atomic E-state index is -1.44. The Balaban J connectivity index is 1.93. The molecule has 31 heavy (non-hydrogen) atoms. The number of benzene rings is 2. The molecule has 2 aliphatic rings. The van der Waals surface area contributed by atoms with Gasteiger partial charge in [0.05, 0.1) is 25.5 Å². The van der Waals surface area contributed by atoms with Crippen LogP contribution >= 0.6 is 0 Å². The number of ether oxygens (including phenoxy) is 2. The van der Waals surface area contributed by atoms with Gasteiger partial charge in [0.15, 0.2) is 11.3 Å². The van der Waals surface area contributed by atoms with Gasteiger partial charge in [-0.15, -0.1) is 0 Å². The van der Waals surface area contributed by atoms with Crippen LogP contribution < -0.4 is 19.7 Å². The Morgan fingerprint density at radius 1 is 1.13 bits per heavy atom. The van der Waals surface area contributed by atoms with E-state index in [0.717, 1.165) is 16.9 Å². The highest BCUT2D eigenvalue weighted by Gasteiger charge is 2.56. The van der Waals surface area contributed by atoms with Crippen molar-refractivity contribution in [2.75, 3.05) is 31.5 Å². The SMILES string of the molecule is CN=C1C(=C2Cc3ccccc3N2)C(=O)C(C)(C(C)=O)N1c1cc(OC)cc(OC)c1. The summed E-state index contributed by atoms with van der Waals surface area (Å²) >= 11 is 0. The van der Waals surface area contributed by atoms with Crippen LogP contribution in [0.15, 0.2) is 58.7 Å². The van der Waals surface area contributed by atoms with Crippen molar-refractivity contribution in [3.05, 3.63) is 59.3 Å². The van der Waals surface area contributed by atoms with Gasteiger partial charge in [-0.25, -0.2) is 0 Å². The number of hydrogen-bond donors (Lipinski definition) is 1. The van der Waals surface area contributed by atoms with Gasteiger partial charge in [0.1, 0.15) is 17.3 Å². The second-order valence-corrected chi connectivity index (χ2v) is 7.72. The van der Waals surface area contributed by atoms with Crippen molar-refractivity contribution in [3.8, 4) is 11.5 Å². The van der Waals surface area contributed by atoms with E-state index in [1.165, 1.54) is 6.92 Å². The molecular formula is C24H25N3O4. The summed E-state index contributed by atoms with van der Waals surface area (Å²) in [5.41, 5.74) is 2.38. The predicted octanol–water partition coefficient (Wildman–Crippen LogP) is 3.39. The minimum absolute atomic E-state index is 0.272. The van der Waals surface area contributed by atoms with E-state index in [0.29, 0.717) is 35.0 Å².